The molecule has 4 aromatic rings. The van der Waals surface area contributed by atoms with Gasteiger partial charge < -0.3 is 6.55 Å². The van der Waals surface area contributed by atoms with E-state index in [0.717, 1.165) is 6.42 Å². The number of hydrogen-bond acceptors (Lipinski definition) is 0. The summed E-state index contributed by atoms with van der Waals surface area (Å²) < 4.78 is 0. The van der Waals surface area contributed by atoms with Crippen LogP contribution in [0.4, 0.5) is 0 Å². The van der Waals surface area contributed by atoms with Crippen molar-refractivity contribution in [1.29, 1.82) is 0 Å². The van der Waals surface area contributed by atoms with E-state index in [1.165, 1.54) is 43.5 Å². The largest absolute Gasteiger partial charge is 2.00 e. The van der Waals surface area contributed by atoms with Gasteiger partial charge in [-0.3, -0.25) is 0 Å². The van der Waals surface area contributed by atoms with Crippen LogP contribution in [0.1, 0.15) is 12.0 Å². The van der Waals surface area contributed by atoms with Crippen molar-refractivity contribution in [3.8, 4) is 0 Å². The average Bonchev–Trinajstić information content (AvgIpc) is 3.12. The summed E-state index contributed by atoms with van der Waals surface area (Å²) >= 11 is 0. The normalized spacial score (nSPS) is 13.6. The molecule has 0 bridgehead atoms. The van der Waals surface area contributed by atoms with Crippen LogP contribution in [0.3, 0.4) is 0 Å². The van der Waals surface area contributed by atoms with E-state index in [1.54, 1.807) is 0 Å². The summed E-state index contributed by atoms with van der Waals surface area (Å²) in [5, 5.41) is 8.08. The molecule has 0 unspecified atom stereocenters. The van der Waals surface area contributed by atoms with E-state index in [0.29, 0.717) is 0 Å². The average molecular weight is 548 g/mol. The molecular weight excluding hydrogens is 523 g/mol. The number of benzene rings is 4. The van der Waals surface area contributed by atoms with Gasteiger partial charge in [-0.25, -0.2) is 0 Å². The molecule has 0 N–H and O–H groups in total. The van der Waals surface area contributed by atoms with Crippen LogP contribution in [0.5, 0.6) is 0 Å². The van der Waals surface area contributed by atoms with Crippen molar-refractivity contribution < 1.29 is 21.1 Å². The third kappa shape index (κ3) is 4.10. The molecule has 0 fully saturated rings. The van der Waals surface area contributed by atoms with E-state index in [-0.39, 0.29) is 21.1 Å². The van der Waals surface area contributed by atoms with E-state index in [2.05, 4.69) is 99.0 Å². The first-order chi connectivity index (χ1) is 12.4. The van der Waals surface area contributed by atoms with Crippen molar-refractivity contribution in [2.24, 2.45) is 0 Å². The Morgan fingerprint density at radius 3 is 1.96 bits per heavy atom. The summed E-state index contributed by atoms with van der Waals surface area (Å²) in [6, 6.07) is 20.0. The van der Waals surface area contributed by atoms with Crippen molar-refractivity contribution in [3.05, 3.63) is 84.9 Å². The number of hydrogen-bond donors (Lipinski definition) is 0. The molecule has 0 aromatic heterocycles. The van der Waals surface area contributed by atoms with E-state index in [9.17, 15) is 0 Å². The van der Waals surface area contributed by atoms with Gasteiger partial charge in [0.05, 0.1) is 0 Å². The Labute approximate surface area is 177 Å². The summed E-state index contributed by atoms with van der Waals surface area (Å²) in [5.41, 5.74) is 2.53. The summed E-state index contributed by atoms with van der Waals surface area (Å²) in [6.45, 7) is 10.6. The predicted octanol–water partition coefficient (Wildman–Crippen LogP) is 7.43. The molecule has 2 heteroatoms. The van der Waals surface area contributed by atoms with Gasteiger partial charge in [-0.05, 0) is 26.9 Å². The van der Waals surface area contributed by atoms with Crippen LogP contribution in [-0.4, -0.2) is 8.07 Å². The molecule has 0 radical (unpaired) electrons. The maximum atomic E-state index is 3.91. The third-order valence-electron chi connectivity index (χ3n) is 4.51. The van der Waals surface area contributed by atoms with Gasteiger partial charge in [-0.2, -0.15) is 17.7 Å². The Bertz CT molecular complexity index is 1120. The fourth-order valence-corrected chi connectivity index (χ4v) is 3.56. The van der Waals surface area contributed by atoms with E-state index in [1.807, 2.05) is 0 Å². The zero-order valence-corrected chi connectivity index (χ0v) is 19.4. The fourth-order valence-electron chi connectivity index (χ4n) is 3.56. The molecule has 27 heavy (non-hydrogen) atoms. The van der Waals surface area contributed by atoms with Gasteiger partial charge in [-0.15, -0.1) is 25.8 Å². The third-order valence-corrected chi connectivity index (χ3v) is 4.51. The van der Waals surface area contributed by atoms with Gasteiger partial charge >= 0.3 is 21.1 Å². The van der Waals surface area contributed by atoms with E-state index in [4.69, 9.17) is 0 Å². The topological polar surface area (TPSA) is 0 Å². The second-order valence-electron chi connectivity index (χ2n) is 8.23. The molecule has 0 saturated carbocycles. The second kappa shape index (κ2) is 7.74. The van der Waals surface area contributed by atoms with E-state index < -0.39 is 8.07 Å². The first kappa shape index (κ1) is 20.1. The van der Waals surface area contributed by atoms with Crippen molar-refractivity contribution in [3.63, 3.8) is 0 Å². The van der Waals surface area contributed by atoms with Crippen LogP contribution >= 0.6 is 0 Å². The van der Waals surface area contributed by atoms with Crippen LogP contribution in [-0.2, 0) is 21.1 Å². The molecule has 0 aliphatic heterocycles. The molecule has 0 amide bonds. The Morgan fingerprint density at radius 2 is 1.37 bits per heavy atom. The zero-order chi connectivity index (χ0) is 18.3. The van der Waals surface area contributed by atoms with Crippen molar-refractivity contribution in [1.82, 2.24) is 0 Å². The minimum absolute atomic E-state index is 0. The molecule has 0 spiro atoms. The molecule has 1 aliphatic carbocycles. The molecule has 0 heterocycles. The molecule has 1 aliphatic rings. The molecule has 4 aromatic carbocycles. The molecule has 0 nitrogen and oxygen atoms in total. The van der Waals surface area contributed by atoms with Gasteiger partial charge in [0.25, 0.3) is 0 Å². The van der Waals surface area contributed by atoms with Crippen molar-refractivity contribution >= 4 is 46.0 Å². The fraction of sp³-hybridized carbons (Fsp3) is 0.160. The number of allylic oxidation sites excluding steroid dienone is 4. The van der Waals surface area contributed by atoms with Crippen LogP contribution in [0, 0.1) is 12.6 Å². The summed E-state index contributed by atoms with van der Waals surface area (Å²) in [5.74, 6) is 0. The Balaban J connectivity index is 0.000000315. The molecule has 0 saturated heterocycles. The number of rotatable bonds is 1. The molecule has 138 valence electrons. The maximum absolute atomic E-state index is 3.91. The standard InChI is InChI=1S/C21H13.C4H11Si.Pt/c1-2-5-14(4-1)18-12-10-17-9-8-15-6-3-7-16-11-13-19(18)21(17)20(15)16;1-5(2,3)4;/h1,3-4,6-13H,2H2;1H2,2-4H3;/q2*-1;+2. The van der Waals surface area contributed by atoms with Gasteiger partial charge in [0, 0.05) is 0 Å². The second-order valence-corrected chi connectivity index (χ2v) is 13.3. The minimum Gasteiger partial charge on any atom is -0.342 e. The van der Waals surface area contributed by atoms with Gasteiger partial charge in [-0.1, -0.05) is 80.0 Å². The Morgan fingerprint density at radius 1 is 0.815 bits per heavy atom. The Kier molecular flexibility index (Phi) is 5.75. The molecule has 0 atom stereocenters. The first-order valence-corrected chi connectivity index (χ1v) is 12.9. The Hall–Kier alpha value is -1.69. The molecule has 5 rings (SSSR count). The van der Waals surface area contributed by atoms with Crippen molar-refractivity contribution in [2.45, 2.75) is 26.1 Å². The van der Waals surface area contributed by atoms with Gasteiger partial charge in [0.1, 0.15) is 0 Å². The summed E-state index contributed by atoms with van der Waals surface area (Å²) in [4.78, 5) is 0. The predicted molar refractivity (Wildman–Crippen MR) is 119 cm³/mol. The van der Waals surface area contributed by atoms with Crippen LogP contribution in [0.25, 0.3) is 37.9 Å². The summed E-state index contributed by atoms with van der Waals surface area (Å²) in [6.07, 6.45) is 8.74. The van der Waals surface area contributed by atoms with Gasteiger partial charge in [0.15, 0.2) is 0 Å². The van der Waals surface area contributed by atoms with Crippen LogP contribution in [0.15, 0.2) is 66.7 Å². The SMILES string of the molecule is [C-]1=C(c2ccc3ccc4cccc5ccc2c3c45)C=CC1.[CH2-][Si](C)(C)C.[Pt+2]. The van der Waals surface area contributed by atoms with Crippen molar-refractivity contribution in [2.75, 3.05) is 0 Å². The monoisotopic (exact) mass is 547 g/mol. The van der Waals surface area contributed by atoms with Crippen LogP contribution < -0.4 is 0 Å². The van der Waals surface area contributed by atoms with Gasteiger partial charge in [0.2, 0.25) is 0 Å². The summed E-state index contributed by atoms with van der Waals surface area (Å²) in [7, 11) is -0.861. The minimum atomic E-state index is -0.861. The van der Waals surface area contributed by atoms with E-state index >= 15 is 0 Å². The van der Waals surface area contributed by atoms with Crippen LogP contribution in [0.2, 0.25) is 19.6 Å². The maximum Gasteiger partial charge on any atom is 2.00 e. The zero-order valence-electron chi connectivity index (χ0n) is 16.1. The molecular formula is C25H24PtSi. The first-order valence-electron chi connectivity index (χ1n) is 9.21. The quantitative estimate of drug-likeness (QED) is 0.132. The smallest absolute Gasteiger partial charge is 0.342 e.